The predicted octanol–water partition coefficient (Wildman–Crippen LogP) is 4.40. The molecule has 0 spiro atoms. The van der Waals surface area contributed by atoms with E-state index in [1.807, 2.05) is 38.1 Å². The van der Waals surface area contributed by atoms with E-state index in [1.54, 1.807) is 26.0 Å². The van der Waals surface area contributed by atoms with Crippen LogP contribution in [-0.4, -0.2) is 15.0 Å². The summed E-state index contributed by atoms with van der Waals surface area (Å²) in [5.74, 6) is 0.764. The lowest BCUT2D eigenvalue weighted by molar-refractivity contribution is 0.340. The highest BCUT2D eigenvalue weighted by atomic mass is 35.5. The van der Waals surface area contributed by atoms with Crippen molar-refractivity contribution in [3.8, 4) is 5.75 Å². The Morgan fingerprint density at radius 1 is 1.12 bits per heavy atom. The van der Waals surface area contributed by atoms with Crippen LogP contribution >= 0.6 is 11.6 Å². The fraction of sp³-hybridized carbons (Fsp3) is 0.333. The highest BCUT2D eigenvalue weighted by Gasteiger charge is 2.21. The van der Waals surface area contributed by atoms with E-state index in [-0.39, 0.29) is 10.9 Å². The van der Waals surface area contributed by atoms with Gasteiger partial charge in [0.25, 0.3) is 0 Å². The van der Waals surface area contributed by atoms with Crippen LogP contribution in [0.25, 0.3) is 0 Å². The minimum Gasteiger partial charge on any atom is -0.494 e. The van der Waals surface area contributed by atoms with Crippen LogP contribution in [0.15, 0.2) is 41.3 Å². The lowest BCUT2D eigenvalue weighted by atomic mass is 10.1. The van der Waals surface area contributed by atoms with Crippen LogP contribution in [0.1, 0.15) is 36.6 Å². The zero-order valence-electron chi connectivity index (χ0n) is 14.3. The Hall–Kier alpha value is -1.56. The SMILES string of the molecule is CCOc1ccc(C(C)NS(=O)(=O)c2cc(C)c(Cl)cc2C)cc1. The van der Waals surface area contributed by atoms with Gasteiger partial charge in [0.05, 0.1) is 11.5 Å². The van der Waals surface area contributed by atoms with Crippen LogP contribution in [-0.2, 0) is 10.0 Å². The second-order valence-electron chi connectivity index (χ2n) is 5.71. The van der Waals surface area contributed by atoms with E-state index in [1.165, 1.54) is 0 Å². The van der Waals surface area contributed by atoms with Gasteiger partial charge < -0.3 is 4.74 Å². The molecular weight excluding hydrogens is 346 g/mol. The van der Waals surface area contributed by atoms with Gasteiger partial charge in [0, 0.05) is 11.1 Å². The zero-order valence-corrected chi connectivity index (χ0v) is 15.8. The summed E-state index contributed by atoms with van der Waals surface area (Å²) in [6.07, 6.45) is 0. The first kappa shape index (κ1) is 18.8. The number of sulfonamides is 1. The number of ether oxygens (including phenoxy) is 1. The van der Waals surface area contributed by atoms with Crippen molar-refractivity contribution in [3.05, 3.63) is 58.1 Å². The maximum absolute atomic E-state index is 12.7. The van der Waals surface area contributed by atoms with Crippen LogP contribution < -0.4 is 9.46 Å². The Balaban J connectivity index is 2.23. The third kappa shape index (κ3) is 4.29. The molecule has 0 heterocycles. The van der Waals surface area contributed by atoms with Crippen molar-refractivity contribution in [1.82, 2.24) is 4.72 Å². The summed E-state index contributed by atoms with van der Waals surface area (Å²) in [6.45, 7) is 7.85. The molecule has 0 bridgehead atoms. The van der Waals surface area contributed by atoms with Crippen LogP contribution in [0, 0.1) is 13.8 Å². The molecule has 0 aliphatic carbocycles. The van der Waals surface area contributed by atoms with Crippen molar-refractivity contribution in [2.45, 2.75) is 38.6 Å². The third-order valence-electron chi connectivity index (χ3n) is 3.77. The molecule has 0 fully saturated rings. The molecule has 1 atom stereocenters. The molecule has 0 saturated carbocycles. The van der Waals surface area contributed by atoms with Gasteiger partial charge in [-0.3, -0.25) is 0 Å². The van der Waals surface area contributed by atoms with E-state index in [9.17, 15) is 8.42 Å². The first-order valence-electron chi connectivity index (χ1n) is 7.76. The standard InChI is InChI=1S/C18H22ClNO3S/c1-5-23-16-8-6-15(7-9-16)14(4)20-24(21,22)18-11-12(2)17(19)10-13(18)3/h6-11,14,20H,5H2,1-4H3. The Labute approximate surface area is 148 Å². The van der Waals surface area contributed by atoms with Crippen LogP contribution in [0.4, 0.5) is 0 Å². The molecule has 4 nitrogen and oxygen atoms in total. The molecule has 2 aromatic rings. The molecule has 1 N–H and O–H groups in total. The number of nitrogens with one attached hydrogen (secondary N) is 1. The van der Waals surface area contributed by atoms with Gasteiger partial charge in [-0.2, -0.15) is 0 Å². The fourth-order valence-electron chi connectivity index (χ4n) is 2.43. The molecule has 6 heteroatoms. The number of hydrogen-bond acceptors (Lipinski definition) is 3. The maximum Gasteiger partial charge on any atom is 0.241 e. The average Bonchev–Trinajstić information content (AvgIpc) is 2.51. The van der Waals surface area contributed by atoms with E-state index in [0.29, 0.717) is 17.2 Å². The highest BCUT2D eigenvalue weighted by molar-refractivity contribution is 7.89. The monoisotopic (exact) mass is 367 g/mol. The number of halogens is 1. The fourth-order valence-corrected chi connectivity index (χ4v) is 4.19. The molecule has 130 valence electrons. The quantitative estimate of drug-likeness (QED) is 0.823. The largest absolute Gasteiger partial charge is 0.494 e. The van der Waals surface area contributed by atoms with Crippen molar-refractivity contribution < 1.29 is 13.2 Å². The zero-order chi connectivity index (χ0) is 17.9. The van der Waals surface area contributed by atoms with E-state index < -0.39 is 10.0 Å². The van der Waals surface area contributed by atoms with Crippen LogP contribution in [0.3, 0.4) is 0 Å². The molecule has 24 heavy (non-hydrogen) atoms. The molecule has 0 aliphatic heterocycles. The summed E-state index contributed by atoms with van der Waals surface area (Å²) < 4.78 is 33.5. The van der Waals surface area contributed by atoms with E-state index in [2.05, 4.69) is 4.72 Å². The predicted molar refractivity (Wildman–Crippen MR) is 97.3 cm³/mol. The highest BCUT2D eigenvalue weighted by Crippen LogP contribution is 2.25. The van der Waals surface area contributed by atoms with Gasteiger partial charge in [-0.15, -0.1) is 0 Å². The van der Waals surface area contributed by atoms with Crippen molar-refractivity contribution in [3.63, 3.8) is 0 Å². The molecule has 0 aromatic heterocycles. The van der Waals surface area contributed by atoms with Crippen molar-refractivity contribution >= 4 is 21.6 Å². The summed E-state index contributed by atoms with van der Waals surface area (Å²) in [5.41, 5.74) is 2.22. The number of hydrogen-bond donors (Lipinski definition) is 1. The summed E-state index contributed by atoms with van der Waals surface area (Å²) >= 11 is 6.05. The van der Waals surface area contributed by atoms with Crippen molar-refractivity contribution in [2.24, 2.45) is 0 Å². The van der Waals surface area contributed by atoms with Gasteiger partial charge in [-0.25, -0.2) is 13.1 Å². The third-order valence-corrected chi connectivity index (χ3v) is 5.86. The average molecular weight is 368 g/mol. The summed E-state index contributed by atoms with van der Waals surface area (Å²) in [5, 5.41) is 0.561. The van der Waals surface area contributed by atoms with Gasteiger partial charge in [0.15, 0.2) is 0 Å². The minimum absolute atomic E-state index is 0.252. The molecule has 2 aromatic carbocycles. The second-order valence-corrected chi connectivity index (χ2v) is 7.80. The Kier molecular flexibility index (Phi) is 5.91. The normalized spacial score (nSPS) is 12.9. The first-order chi connectivity index (χ1) is 11.2. The Bertz CT molecular complexity index is 817. The Morgan fingerprint density at radius 2 is 1.75 bits per heavy atom. The smallest absolute Gasteiger partial charge is 0.241 e. The van der Waals surface area contributed by atoms with E-state index >= 15 is 0 Å². The molecule has 0 aliphatic rings. The summed E-state index contributed by atoms with van der Waals surface area (Å²) in [7, 11) is -3.64. The number of benzene rings is 2. The number of aryl methyl sites for hydroxylation is 2. The molecular formula is C18H22ClNO3S. The maximum atomic E-state index is 12.7. The lowest BCUT2D eigenvalue weighted by Crippen LogP contribution is -2.27. The van der Waals surface area contributed by atoms with Gasteiger partial charge in [0.2, 0.25) is 10.0 Å². The van der Waals surface area contributed by atoms with Gasteiger partial charge >= 0.3 is 0 Å². The van der Waals surface area contributed by atoms with Crippen molar-refractivity contribution in [1.29, 1.82) is 0 Å². The molecule has 0 amide bonds. The Morgan fingerprint density at radius 3 is 2.33 bits per heavy atom. The van der Waals surface area contributed by atoms with Crippen molar-refractivity contribution in [2.75, 3.05) is 6.61 Å². The summed E-state index contributed by atoms with van der Waals surface area (Å²) in [4.78, 5) is 0.252. The molecule has 1 unspecified atom stereocenters. The van der Waals surface area contributed by atoms with E-state index in [4.69, 9.17) is 16.3 Å². The summed E-state index contributed by atoms with van der Waals surface area (Å²) in [6, 6.07) is 10.3. The minimum atomic E-state index is -3.64. The molecule has 2 rings (SSSR count). The molecule has 0 saturated heterocycles. The van der Waals surface area contributed by atoms with Gasteiger partial charge in [-0.1, -0.05) is 23.7 Å². The first-order valence-corrected chi connectivity index (χ1v) is 9.62. The second kappa shape index (κ2) is 7.55. The lowest BCUT2D eigenvalue weighted by Gasteiger charge is -2.17. The van der Waals surface area contributed by atoms with Crippen LogP contribution in [0.5, 0.6) is 5.75 Å². The number of rotatable bonds is 6. The van der Waals surface area contributed by atoms with Gasteiger partial charge in [-0.05, 0) is 68.7 Å². The van der Waals surface area contributed by atoms with Crippen LogP contribution in [0.2, 0.25) is 5.02 Å². The van der Waals surface area contributed by atoms with E-state index in [0.717, 1.165) is 16.9 Å². The topological polar surface area (TPSA) is 55.4 Å². The van der Waals surface area contributed by atoms with Gasteiger partial charge in [0.1, 0.15) is 5.75 Å². The molecule has 0 radical (unpaired) electrons.